The summed E-state index contributed by atoms with van der Waals surface area (Å²) in [5.41, 5.74) is 1.16. The summed E-state index contributed by atoms with van der Waals surface area (Å²) in [6.07, 6.45) is 0. The van der Waals surface area contributed by atoms with Crippen molar-refractivity contribution in [1.82, 2.24) is 5.32 Å². The molecule has 0 saturated carbocycles. The summed E-state index contributed by atoms with van der Waals surface area (Å²) in [6, 6.07) is 6.37. The van der Waals surface area contributed by atoms with Gasteiger partial charge in [0.05, 0.1) is 19.8 Å². The summed E-state index contributed by atoms with van der Waals surface area (Å²) < 4.78 is 17.2. The van der Waals surface area contributed by atoms with Gasteiger partial charge in [-0.1, -0.05) is 28.9 Å². The Bertz CT molecular complexity index is 387. The minimum atomic E-state index is 0.262. The summed E-state index contributed by atoms with van der Waals surface area (Å²) in [5, 5.41) is 3.40. The second kappa shape index (κ2) is 10.2. The van der Waals surface area contributed by atoms with Crippen molar-refractivity contribution in [2.75, 3.05) is 40.1 Å². The van der Waals surface area contributed by atoms with Gasteiger partial charge in [-0.25, -0.2) is 0 Å². The van der Waals surface area contributed by atoms with Crippen molar-refractivity contribution in [1.29, 1.82) is 0 Å². The van der Waals surface area contributed by atoms with Crippen LogP contribution in [0, 0.1) is 0 Å². The quantitative estimate of drug-likeness (QED) is 0.661. The van der Waals surface area contributed by atoms with Crippen LogP contribution in [0.4, 0.5) is 0 Å². The van der Waals surface area contributed by atoms with Crippen molar-refractivity contribution >= 4 is 15.9 Å². The van der Waals surface area contributed by atoms with E-state index < -0.39 is 0 Å². The number of ether oxygens (including phenoxy) is 3. The van der Waals surface area contributed by atoms with Gasteiger partial charge < -0.3 is 19.5 Å². The lowest BCUT2D eigenvalue weighted by atomic mass is 10.1. The molecule has 1 aromatic rings. The van der Waals surface area contributed by atoms with Gasteiger partial charge in [0.2, 0.25) is 0 Å². The number of rotatable bonds is 10. The Balaban J connectivity index is 2.52. The van der Waals surface area contributed by atoms with E-state index in [0.29, 0.717) is 26.4 Å². The Morgan fingerprint density at radius 3 is 2.65 bits per heavy atom. The van der Waals surface area contributed by atoms with E-state index in [9.17, 15) is 0 Å². The fraction of sp³-hybridized carbons (Fsp3) is 0.600. The molecule has 1 aromatic carbocycles. The van der Waals surface area contributed by atoms with E-state index in [2.05, 4.69) is 41.2 Å². The van der Waals surface area contributed by atoms with Crippen molar-refractivity contribution in [2.45, 2.75) is 19.9 Å². The molecule has 20 heavy (non-hydrogen) atoms. The van der Waals surface area contributed by atoms with Crippen LogP contribution in [-0.2, 0) is 9.47 Å². The number of benzene rings is 1. The predicted molar refractivity (Wildman–Crippen MR) is 84.4 cm³/mol. The third-order valence-corrected chi connectivity index (χ3v) is 3.36. The van der Waals surface area contributed by atoms with Crippen molar-refractivity contribution in [3.8, 4) is 5.75 Å². The molecule has 1 rings (SSSR count). The molecule has 0 aromatic heterocycles. The lowest BCUT2D eigenvalue weighted by Gasteiger charge is -2.18. The van der Waals surface area contributed by atoms with Gasteiger partial charge in [0, 0.05) is 23.2 Å². The molecule has 0 bridgehead atoms. The highest BCUT2D eigenvalue weighted by Gasteiger charge is 2.11. The number of hydrogen-bond acceptors (Lipinski definition) is 4. The summed E-state index contributed by atoms with van der Waals surface area (Å²) in [6.45, 7) is 7.46. The van der Waals surface area contributed by atoms with Crippen LogP contribution in [0.2, 0.25) is 0 Å². The Hall–Kier alpha value is -0.620. The van der Waals surface area contributed by atoms with Crippen LogP contribution >= 0.6 is 15.9 Å². The summed E-state index contributed by atoms with van der Waals surface area (Å²) >= 11 is 3.48. The van der Waals surface area contributed by atoms with Gasteiger partial charge in [-0.2, -0.15) is 0 Å². The van der Waals surface area contributed by atoms with Crippen LogP contribution in [0.25, 0.3) is 0 Å². The highest BCUT2D eigenvalue weighted by atomic mass is 79.9. The number of nitrogens with one attached hydrogen (secondary N) is 1. The first kappa shape index (κ1) is 17.4. The third kappa shape index (κ3) is 6.22. The van der Waals surface area contributed by atoms with Crippen LogP contribution in [-0.4, -0.2) is 40.1 Å². The van der Waals surface area contributed by atoms with Gasteiger partial charge in [0.25, 0.3) is 0 Å². The molecule has 0 heterocycles. The minimum absolute atomic E-state index is 0.262. The fourth-order valence-electron chi connectivity index (χ4n) is 1.86. The molecule has 0 saturated heterocycles. The van der Waals surface area contributed by atoms with E-state index >= 15 is 0 Å². The first-order valence-electron chi connectivity index (χ1n) is 6.91. The number of hydrogen-bond donors (Lipinski definition) is 1. The van der Waals surface area contributed by atoms with Crippen LogP contribution in [0.5, 0.6) is 5.75 Å². The molecule has 0 aliphatic carbocycles. The monoisotopic (exact) mass is 345 g/mol. The predicted octanol–water partition coefficient (Wildman–Crippen LogP) is 3.16. The Morgan fingerprint density at radius 2 is 1.95 bits per heavy atom. The zero-order chi connectivity index (χ0) is 14.8. The Kier molecular flexibility index (Phi) is 8.85. The fourth-order valence-corrected chi connectivity index (χ4v) is 2.20. The maximum absolute atomic E-state index is 5.83. The van der Waals surface area contributed by atoms with E-state index in [-0.39, 0.29) is 6.04 Å². The van der Waals surface area contributed by atoms with Gasteiger partial charge in [-0.05, 0) is 25.6 Å². The molecule has 4 nitrogen and oxygen atoms in total. The minimum Gasteiger partial charge on any atom is -0.491 e. The molecule has 0 spiro atoms. The van der Waals surface area contributed by atoms with Crippen molar-refractivity contribution in [2.24, 2.45) is 0 Å². The van der Waals surface area contributed by atoms with Gasteiger partial charge >= 0.3 is 0 Å². The van der Waals surface area contributed by atoms with Crippen molar-refractivity contribution in [3.05, 3.63) is 28.2 Å². The molecule has 5 heteroatoms. The standard InChI is InChI=1S/C15H24BrNO3/c1-4-17-12(2)14-6-5-13(16)11-15(14)20-10-9-19-8-7-18-3/h5-6,11-12,17H,4,7-10H2,1-3H3. The summed E-state index contributed by atoms with van der Waals surface area (Å²) in [5.74, 6) is 0.892. The molecule has 1 N–H and O–H groups in total. The topological polar surface area (TPSA) is 39.7 Å². The van der Waals surface area contributed by atoms with Gasteiger partial charge in [-0.3, -0.25) is 0 Å². The summed E-state index contributed by atoms with van der Waals surface area (Å²) in [7, 11) is 1.66. The lowest BCUT2D eigenvalue weighted by Crippen LogP contribution is -2.19. The zero-order valence-electron chi connectivity index (χ0n) is 12.4. The highest BCUT2D eigenvalue weighted by Crippen LogP contribution is 2.28. The number of halogens is 1. The third-order valence-electron chi connectivity index (χ3n) is 2.87. The first-order valence-corrected chi connectivity index (χ1v) is 7.70. The van der Waals surface area contributed by atoms with Gasteiger partial charge in [0.15, 0.2) is 0 Å². The maximum Gasteiger partial charge on any atom is 0.125 e. The Morgan fingerprint density at radius 1 is 1.20 bits per heavy atom. The SMILES string of the molecule is CCNC(C)c1ccc(Br)cc1OCCOCCOC. The van der Waals surface area contributed by atoms with Crippen molar-refractivity contribution < 1.29 is 14.2 Å². The van der Waals surface area contributed by atoms with E-state index in [4.69, 9.17) is 14.2 Å². The molecule has 0 fully saturated rings. The normalized spacial score (nSPS) is 12.4. The molecular weight excluding hydrogens is 322 g/mol. The first-order chi connectivity index (χ1) is 9.69. The molecule has 1 atom stereocenters. The smallest absolute Gasteiger partial charge is 0.125 e. The average Bonchev–Trinajstić information content (AvgIpc) is 2.43. The largest absolute Gasteiger partial charge is 0.491 e. The van der Waals surface area contributed by atoms with Crippen molar-refractivity contribution in [3.63, 3.8) is 0 Å². The molecule has 0 aliphatic rings. The van der Waals surface area contributed by atoms with E-state index in [0.717, 1.165) is 22.3 Å². The molecule has 0 amide bonds. The highest BCUT2D eigenvalue weighted by molar-refractivity contribution is 9.10. The Labute approximate surface area is 129 Å². The van der Waals surface area contributed by atoms with E-state index in [1.807, 2.05) is 12.1 Å². The maximum atomic E-state index is 5.83. The van der Waals surface area contributed by atoms with Gasteiger partial charge in [0.1, 0.15) is 12.4 Å². The van der Waals surface area contributed by atoms with E-state index in [1.54, 1.807) is 7.11 Å². The molecule has 1 unspecified atom stereocenters. The van der Waals surface area contributed by atoms with Crippen LogP contribution in [0.15, 0.2) is 22.7 Å². The van der Waals surface area contributed by atoms with Crippen LogP contribution in [0.1, 0.15) is 25.5 Å². The number of methoxy groups -OCH3 is 1. The summed E-state index contributed by atoms with van der Waals surface area (Å²) in [4.78, 5) is 0. The zero-order valence-corrected chi connectivity index (χ0v) is 14.0. The molecule has 114 valence electrons. The molecule has 0 aliphatic heterocycles. The second-order valence-corrected chi connectivity index (χ2v) is 5.33. The van der Waals surface area contributed by atoms with E-state index in [1.165, 1.54) is 0 Å². The molecule has 0 radical (unpaired) electrons. The van der Waals surface area contributed by atoms with Crippen LogP contribution < -0.4 is 10.1 Å². The second-order valence-electron chi connectivity index (χ2n) is 4.42. The lowest BCUT2D eigenvalue weighted by molar-refractivity contribution is 0.0542. The average molecular weight is 346 g/mol. The van der Waals surface area contributed by atoms with Gasteiger partial charge in [-0.15, -0.1) is 0 Å². The van der Waals surface area contributed by atoms with Crippen LogP contribution in [0.3, 0.4) is 0 Å². The molecular formula is C15H24BrNO3.